The zero-order valence-electron chi connectivity index (χ0n) is 11.6. The molecule has 106 valence electrons. The van der Waals surface area contributed by atoms with Gasteiger partial charge in [0.15, 0.2) is 0 Å². The summed E-state index contributed by atoms with van der Waals surface area (Å²) in [7, 11) is 0. The Bertz CT molecular complexity index is 486. The molecule has 1 fully saturated rings. The first-order chi connectivity index (χ1) is 9.83. The molecule has 2 aliphatic rings. The number of rotatable bonds is 3. The average Bonchev–Trinajstić information content (AvgIpc) is 2.49. The summed E-state index contributed by atoms with van der Waals surface area (Å²) >= 11 is 0. The largest absolute Gasteiger partial charge is 0.338 e. The van der Waals surface area contributed by atoms with E-state index in [0.717, 1.165) is 32.5 Å². The van der Waals surface area contributed by atoms with Crippen molar-refractivity contribution >= 4 is 6.03 Å². The van der Waals surface area contributed by atoms with Gasteiger partial charge in [0.1, 0.15) is 0 Å². The van der Waals surface area contributed by atoms with Crippen LogP contribution in [-0.4, -0.2) is 36.1 Å². The number of nitrogens with zero attached hydrogens (tertiary/aromatic N) is 1. The first-order valence-electron chi connectivity index (χ1n) is 7.32. The van der Waals surface area contributed by atoms with E-state index in [9.17, 15) is 4.79 Å². The monoisotopic (exact) mass is 271 g/mol. The van der Waals surface area contributed by atoms with Gasteiger partial charge in [-0.05, 0) is 18.4 Å². The Balaban J connectivity index is 1.71. The van der Waals surface area contributed by atoms with Crippen molar-refractivity contribution in [1.29, 1.82) is 0 Å². The molecule has 0 radical (unpaired) electrons. The Labute approximate surface area is 119 Å². The van der Waals surface area contributed by atoms with Crippen LogP contribution in [0.15, 0.2) is 42.5 Å². The number of benzene rings is 1. The molecule has 0 aliphatic carbocycles. The maximum absolute atomic E-state index is 11.5. The summed E-state index contributed by atoms with van der Waals surface area (Å²) in [6.45, 7) is 2.76. The average molecular weight is 271 g/mol. The summed E-state index contributed by atoms with van der Waals surface area (Å²) in [6.07, 6.45) is 6.55. The third-order valence-electron chi connectivity index (χ3n) is 4.04. The van der Waals surface area contributed by atoms with Gasteiger partial charge in [-0.1, -0.05) is 42.5 Å². The predicted molar refractivity (Wildman–Crippen MR) is 79.3 cm³/mol. The second kappa shape index (κ2) is 6.09. The van der Waals surface area contributed by atoms with E-state index in [1.54, 1.807) is 0 Å². The maximum Gasteiger partial charge on any atom is 0.315 e. The maximum atomic E-state index is 11.5. The Morgan fingerprint density at radius 1 is 1.25 bits per heavy atom. The van der Waals surface area contributed by atoms with Crippen molar-refractivity contribution in [3.8, 4) is 0 Å². The highest BCUT2D eigenvalue weighted by atomic mass is 16.2. The lowest BCUT2D eigenvalue weighted by Gasteiger charge is -2.39. The van der Waals surface area contributed by atoms with E-state index in [4.69, 9.17) is 0 Å². The second-order valence-electron chi connectivity index (χ2n) is 5.46. The highest BCUT2D eigenvalue weighted by molar-refractivity contribution is 5.75. The normalized spacial score (nSPS) is 26.9. The third kappa shape index (κ3) is 3.02. The van der Waals surface area contributed by atoms with E-state index in [1.165, 1.54) is 5.56 Å². The van der Waals surface area contributed by atoms with Crippen molar-refractivity contribution in [1.82, 2.24) is 15.5 Å². The molecule has 1 aromatic rings. The van der Waals surface area contributed by atoms with Crippen LogP contribution >= 0.6 is 0 Å². The zero-order chi connectivity index (χ0) is 13.8. The van der Waals surface area contributed by atoms with Gasteiger partial charge < -0.3 is 10.6 Å². The van der Waals surface area contributed by atoms with Gasteiger partial charge in [-0.2, -0.15) is 0 Å². The molecule has 4 nitrogen and oxygen atoms in total. The molecular formula is C16H21N3O. The fourth-order valence-corrected chi connectivity index (χ4v) is 3.03. The van der Waals surface area contributed by atoms with Crippen molar-refractivity contribution in [3.63, 3.8) is 0 Å². The molecule has 4 heteroatoms. The number of nitrogens with one attached hydrogen (secondary N) is 2. The molecule has 0 spiro atoms. The number of hydrogen-bond acceptors (Lipinski definition) is 2. The van der Waals surface area contributed by atoms with Gasteiger partial charge >= 0.3 is 6.03 Å². The number of carbonyl (C=O) groups is 1. The molecule has 2 atom stereocenters. The van der Waals surface area contributed by atoms with Crippen molar-refractivity contribution in [2.75, 3.05) is 13.1 Å². The number of urea groups is 1. The van der Waals surface area contributed by atoms with E-state index in [-0.39, 0.29) is 12.1 Å². The van der Waals surface area contributed by atoms with Crippen LogP contribution in [0.25, 0.3) is 0 Å². The standard InChI is InChI=1S/C16H21N3O/c20-16-17-10-9-14(18-16)15-8-4-5-11-19(15)12-13-6-2-1-3-7-13/h1-4,6-8,14-15H,5,9-12H2,(H2,17,18,20). The van der Waals surface area contributed by atoms with Gasteiger partial charge in [0.25, 0.3) is 0 Å². The van der Waals surface area contributed by atoms with Crippen LogP contribution in [0.1, 0.15) is 18.4 Å². The van der Waals surface area contributed by atoms with Crippen LogP contribution in [0.3, 0.4) is 0 Å². The first-order valence-corrected chi connectivity index (χ1v) is 7.32. The summed E-state index contributed by atoms with van der Waals surface area (Å²) in [5.41, 5.74) is 1.33. The highest BCUT2D eigenvalue weighted by Gasteiger charge is 2.30. The molecule has 2 unspecified atom stereocenters. The molecule has 2 heterocycles. The van der Waals surface area contributed by atoms with E-state index in [0.29, 0.717) is 6.04 Å². The molecule has 2 aliphatic heterocycles. The molecular weight excluding hydrogens is 250 g/mol. The lowest BCUT2D eigenvalue weighted by Crippen LogP contribution is -2.58. The van der Waals surface area contributed by atoms with E-state index in [2.05, 4.69) is 52.0 Å². The van der Waals surface area contributed by atoms with Crippen LogP contribution in [0.5, 0.6) is 0 Å². The molecule has 1 aromatic carbocycles. The topological polar surface area (TPSA) is 44.4 Å². The minimum absolute atomic E-state index is 0.0418. The van der Waals surface area contributed by atoms with E-state index in [1.807, 2.05) is 6.07 Å². The van der Waals surface area contributed by atoms with Gasteiger partial charge in [-0.25, -0.2) is 4.79 Å². The summed E-state index contributed by atoms with van der Waals surface area (Å²) in [5, 5.41) is 5.88. The van der Waals surface area contributed by atoms with Gasteiger partial charge in [0, 0.05) is 25.7 Å². The number of hydrogen-bond donors (Lipinski definition) is 2. The van der Waals surface area contributed by atoms with Crippen LogP contribution in [0.4, 0.5) is 4.79 Å². The third-order valence-corrected chi connectivity index (χ3v) is 4.04. The van der Waals surface area contributed by atoms with Crippen molar-refractivity contribution < 1.29 is 4.79 Å². The smallest absolute Gasteiger partial charge is 0.315 e. The van der Waals surface area contributed by atoms with Crippen molar-refractivity contribution in [2.24, 2.45) is 0 Å². The van der Waals surface area contributed by atoms with Crippen LogP contribution in [0, 0.1) is 0 Å². The second-order valence-corrected chi connectivity index (χ2v) is 5.46. The quantitative estimate of drug-likeness (QED) is 0.825. The molecule has 1 saturated heterocycles. The van der Waals surface area contributed by atoms with E-state index >= 15 is 0 Å². The minimum Gasteiger partial charge on any atom is -0.338 e. The SMILES string of the molecule is O=C1NCCC(C2C=CCCN2Cc2ccccc2)N1. The summed E-state index contributed by atoms with van der Waals surface area (Å²) in [5.74, 6) is 0. The minimum atomic E-state index is -0.0418. The molecule has 20 heavy (non-hydrogen) atoms. The van der Waals surface area contributed by atoms with E-state index < -0.39 is 0 Å². The van der Waals surface area contributed by atoms with Crippen molar-refractivity contribution in [2.45, 2.75) is 31.5 Å². The lowest BCUT2D eigenvalue weighted by atomic mass is 9.97. The van der Waals surface area contributed by atoms with Gasteiger partial charge in [-0.3, -0.25) is 4.90 Å². The van der Waals surface area contributed by atoms with Crippen LogP contribution in [0.2, 0.25) is 0 Å². The molecule has 0 saturated carbocycles. The Hall–Kier alpha value is -1.81. The summed E-state index contributed by atoms with van der Waals surface area (Å²) in [6, 6.07) is 11.0. The molecule has 3 rings (SSSR count). The van der Waals surface area contributed by atoms with Crippen LogP contribution in [-0.2, 0) is 6.54 Å². The zero-order valence-corrected chi connectivity index (χ0v) is 11.6. The molecule has 0 aromatic heterocycles. The Morgan fingerprint density at radius 2 is 2.10 bits per heavy atom. The van der Waals surface area contributed by atoms with Crippen LogP contribution < -0.4 is 10.6 Å². The van der Waals surface area contributed by atoms with Gasteiger partial charge in [0.05, 0.1) is 6.04 Å². The fraction of sp³-hybridized carbons (Fsp3) is 0.438. The highest BCUT2D eigenvalue weighted by Crippen LogP contribution is 2.19. The van der Waals surface area contributed by atoms with Gasteiger partial charge in [0.2, 0.25) is 0 Å². The fourth-order valence-electron chi connectivity index (χ4n) is 3.03. The summed E-state index contributed by atoms with van der Waals surface area (Å²) in [4.78, 5) is 14.0. The number of amides is 2. The predicted octanol–water partition coefficient (Wildman–Crippen LogP) is 1.89. The molecule has 0 bridgehead atoms. The Kier molecular flexibility index (Phi) is 4.02. The Morgan fingerprint density at radius 3 is 2.90 bits per heavy atom. The van der Waals surface area contributed by atoms with Crippen molar-refractivity contribution in [3.05, 3.63) is 48.0 Å². The molecule has 2 N–H and O–H groups in total. The first kappa shape index (κ1) is 13.2. The lowest BCUT2D eigenvalue weighted by molar-refractivity contribution is 0.161. The summed E-state index contributed by atoms with van der Waals surface area (Å²) < 4.78 is 0. The molecule has 2 amide bonds. The number of carbonyl (C=O) groups excluding carboxylic acids is 1. The van der Waals surface area contributed by atoms with Gasteiger partial charge in [-0.15, -0.1) is 0 Å².